The van der Waals surface area contributed by atoms with Gasteiger partial charge in [0.05, 0.1) is 5.69 Å². The molecule has 1 amide bonds. The molecule has 0 atom stereocenters. The van der Waals surface area contributed by atoms with Gasteiger partial charge in [0.1, 0.15) is 5.56 Å². The second kappa shape index (κ2) is 9.47. The van der Waals surface area contributed by atoms with Crippen LogP contribution in [0.2, 0.25) is 0 Å². The Bertz CT molecular complexity index is 849. The second-order valence-corrected chi connectivity index (χ2v) is 7.57. The van der Waals surface area contributed by atoms with Gasteiger partial charge in [-0.15, -0.1) is 0 Å². The van der Waals surface area contributed by atoms with Gasteiger partial charge in [0.2, 0.25) is 5.91 Å². The third-order valence-corrected chi connectivity index (χ3v) is 5.54. The van der Waals surface area contributed by atoms with Crippen molar-refractivity contribution in [2.24, 2.45) is 5.84 Å². The third kappa shape index (κ3) is 4.92. The van der Waals surface area contributed by atoms with E-state index < -0.39 is 23.5 Å². The lowest BCUT2D eigenvalue weighted by Gasteiger charge is -2.36. The van der Waals surface area contributed by atoms with Crippen LogP contribution in [0.15, 0.2) is 42.6 Å². The number of unbranched alkanes of at least 4 members (excludes halogenated alkanes) is 1. The van der Waals surface area contributed by atoms with Crippen LogP contribution in [0.5, 0.6) is 0 Å². The van der Waals surface area contributed by atoms with E-state index in [1.807, 2.05) is 25.1 Å². The molecule has 0 radical (unpaired) electrons. The molecule has 0 aliphatic carbocycles. The molecule has 1 aromatic carbocycles. The number of carbonyl (C=O) groups is 1. The van der Waals surface area contributed by atoms with E-state index in [1.165, 1.54) is 17.8 Å². The summed E-state index contributed by atoms with van der Waals surface area (Å²) in [6.07, 6.45) is -0.510. The van der Waals surface area contributed by atoms with E-state index in [1.54, 1.807) is 4.90 Å². The van der Waals surface area contributed by atoms with Crippen LogP contribution in [0, 0.1) is 0 Å². The highest BCUT2D eigenvalue weighted by Crippen LogP contribution is 2.43. The normalized spacial score (nSPS) is 15.3. The van der Waals surface area contributed by atoms with E-state index in [-0.39, 0.29) is 12.1 Å². The van der Waals surface area contributed by atoms with Crippen molar-refractivity contribution >= 4 is 17.4 Å². The van der Waals surface area contributed by atoms with Gasteiger partial charge < -0.3 is 4.90 Å². The fourth-order valence-corrected chi connectivity index (χ4v) is 3.90. The predicted octanol–water partition coefficient (Wildman–Crippen LogP) is 4.88. The first-order valence-electron chi connectivity index (χ1n) is 10.3. The maximum atomic E-state index is 14.0. The molecule has 0 unspecified atom stereocenters. The summed E-state index contributed by atoms with van der Waals surface area (Å²) in [6.45, 7) is 2.87. The molecule has 5 nitrogen and oxygen atoms in total. The van der Waals surface area contributed by atoms with Crippen LogP contribution in [-0.4, -0.2) is 24.0 Å². The number of piperidine rings is 1. The van der Waals surface area contributed by atoms with Gasteiger partial charge in [-0.25, -0.2) is 15.8 Å². The van der Waals surface area contributed by atoms with Crippen LogP contribution in [0.1, 0.15) is 56.1 Å². The van der Waals surface area contributed by atoms with E-state index in [0.717, 1.165) is 19.3 Å². The molecule has 0 saturated carbocycles. The zero-order valence-corrected chi connectivity index (χ0v) is 17.0. The summed E-state index contributed by atoms with van der Waals surface area (Å²) in [7, 11) is 0. The van der Waals surface area contributed by atoms with Crippen LogP contribution in [0.3, 0.4) is 0 Å². The van der Waals surface area contributed by atoms with Gasteiger partial charge in [-0.3, -0.25) is 4.79 Å². The number of nitrogens with zero attached hydrogens (tertiary/aromatic N) is 3. The summed E-state index contributed by atoms with van der Waals surface area (Å²) < 4.78 is 42.1. The van der Waals surface area contributed by atoms with Crippen molar-refractivity contribution in [3.05, 3.63) is 53.7 Å². The maximum Gasteiger partial charge on any atom is 0.422 e. The Hall–Kier alpha value is -2.61. The summed E-state index contributed by atoms with van der Waals surface area (Å²) in [4.78, 5) is 17.8. The quantitative estimate of drug-likeness (QED) is 0.411. The molecular formula is C22H27F3N4O. The number of carbonyl (C=O) groups excluding carboxylic acids is 1. The van der Waals surface area contributed by atoms with Crippen molar-refractivity contribution < 1.29 is 18.0 Å². The van der Waals surface area contributed by atoms with Crippen molar-refractivity contribution in [1.82, 2.24) is 4.98 Å². The van der Waals surface area contributed by atoms with Gasteiger partial charge in [-0.05, 0) is 36.8 Å². The smallest absolute Gasteiger partial charge is 0.371 e. The van der Waals surface area contributed by atoms with Crippen LogP contribution < -0.4 is 15.8 Å². The SMILES string of the molecule is CCCCC(=O)N(N)c1nccc(N2CCC(c3ccccc3)CC2)c1C(F)(F)F. The number of benzene rings is 1. The molecule has 1 aromatic heterocycles. The molecular weight excluding hydrogens is 393 g/mol. The van der Waals surface area contributed by atoms with Crippen molar-refractivity contribution in [2.45, 2.75) is 51.1 Å². The Morgan fingerprint density at radius 1 is 1.20 bits per heavy atom. The zero-order valence-electron chi connectivity index (χ0n) is 17.0. The lowest BCUT2D eigenvalue weighted by Crippen LogP contribution is -2.41. The van der Waals surface area contributed by atoms with Crippen molar-refractivity contribution in [1.29, 1.82) is 0 Å². The number of aromatic nitrogens is 1. The molecule has 2 aromatic rings. The number of amides is 1. The average molecular weight is 420 g/mol. The molecule has 1 aliphatic rings. The molecule has 162 valence electrons. The first-order chi connectivity index (χ1) is 14.3. The highest BCUT2D eigenvalue weighted by molar-refractivity contribution is 5.92. The number of nitrogens with two attached hydrogens (primary N) is 1. The van der Waals surface area contributed by atoms with Crippen molar-refractivity contribution in [3.63, 3.8) is 0 Å². The number of pyridine rings is 1. The monoisotopic (exact) mass is 420 g/mol. The number of anilines is 2. The lowest BCUT2D eigenvalue weighted by atomic mass is 9.89. The Labute approximate surface area is 174 Å². The largest absolute Gasteiger partial charge is 0.422 e. The number of hydrazine groups is 1. The van der Waals surface area contributed by atoms with Gasteiger partial charge in [0, 0.05) is 25.7 Å². The summed E-state index contributed by atoms with van der Waals surface area (Å²) in [5, 5.41) is 0.554. The van der Waals surface area contributed by atoms with E-state index in [4.69, 9.17) is 5.84 Å². The summed E-state index contributed by atoms with van der Waals surface area (Å²) in [6, 6.07) is 11.4. The number of hydrogen-bond donors (Lipinski definition) is 1. The van der Waals surface area contributed by atoms with Crippen LogP contribution in [0.4, 0.5) is 24.7 Å². The molecule has 0 bridgehead atoms. The number of alkyl halides is 3. The van der Waals surface area contributed by atoms with Crippen molar-refractivity contribution in [2.75, 3.05) is 23.0 Å². The second-order valence-electron chi connectivity index (χ2n) is 7.57. The molecule has 1 aliphatic heterocycles. The minimum Gasteiger partial charge on any atom is -0.371 e. The standard InChI is InChI=1S/C22H27F3N4O/c1-2-3-9-19(30)29(26)21-20(22(23,24)25)18(10-13-27-21)28-14-11-17(12-15-28)16-7-5-4-6-8-16/h4-8,10,13,17H,2-3,9,11-12,14-15,26H2,1H3. The Morgan fingerprint density at radius 2 is 1.87 bits per heavy atom. The van der Waals surface area contributed by atoms with Gasteiger partial charge in [0.25, 0.3) is 0 Å². The topological polar surface area (TPSA) is 62.5 Å². The van der Waals surface area contributed by atoms with Gasteiger partial charge in [-0.2, -0.15) is 13.2 Å². The molecule has 0 spiro atoms. The molecule has 2 N–H and O–H groups in total. The first kappa shape index (κ1) is 22.1. The number of hydrogen-bond acceptors (Lipinski definition) is 4. The predicted molar refractivity (Wildman–Crippen MR) is 111 cm³/mol. The number of rotatable bonds is 6. The van der Waals surface area contributed by atoms with Gasteiger partial charge in [0.15, 0.2) is 5.82 Å². The average Bonchev–Trinajstić information content (AvgIpc) is 2.76. The summed E-state index contributed by atoms with van der Waals surface area (Å²) in [5.41, 5.74) is 0.284. The molecule has 3 rings (SSSR count). The van der Waals surface area contributed by atoms with Crippen LogP contribution in [-0.2, 0) is 11.0 Å². The molecule has 2 heterocycles. The maximum absolute atomic E-state index is 14.0. The highest BCUT2D eigenvalue weighted by Gasteiger charge is 2.41. The van der Waals surface area contributed by atoms with Gasteiger partial charge >= 0.3 is 6.18 Å². The molecule has 8 heteroatoms. The zero-order chi connectivity index (χ0) is 21.7. The minimum atomic E-state index is -4.68. The lowest BCUT2D eigenvalue weighted by molar-refractivity contribution is -0.137. The van der Waals surface area contributed by atoms with Gasteiger partial charge in [-0.1, -0.05) is 43.7 Å². The molecule has 1 saturated heterocycles. The summed E-state index contributed by atoms with van der Waals surface area (Å²) >= 11 is 0. The molecule has 30 heavy (non-hydrogen) atoms. The van der Waals surface area contributed by atoms with E-state index in [0.29, 0.717) is 30.4 Å². The first-order valence-corrected chi connectivity index (χ1v) is 10.3. The van der Waals surface area contributed by atoms with Crippen LogP contribution in [0.25, 0.3) is 0 Å². The molecule has 1 fully saturated rings. The Kier molecular flexibility index (Phi) is 6.97. The van der Waals surface area contributed by atoms with Crippen LogP contribution >= 0.6 is 0 Å². The van der Waals surface area contributed by atoms with Crippen molar-refractivity contribution in [3.8, 4) is 0 Å². The third-order valence-electron chi connectivity index (χ3n) is 5.54. The Morgan fingerprint density at radius 3 is 2.47 bits per heavy atom. The van der Waals surface area contributed by atoms with E-state index in [9.17, 15) is 18.0 Å². The summed E-state index contributed by atoms with van der Waals surface area (Å²) in [5.74, 6) is 4.99. The Balaban J connectivity index is 1.86. The minimum absolute atomic E-state index is 0.0257. The number of halogens is 3. The fourth-order valence-electron chi connectivity index (χ4n) is 3.90. The highest BCUT2D eigenvalue weighted by atomic mass is 19.4. The van der Waals surface area contributed by atoms with E-state index in [2.05, 4.69) is 17.1 Å². The fraction of sp³-hybridized carbons (Fsp3) is 0.455. The van der Waals surface area contributed by atoms with E-state index >= 15 is 0 Å².